The fourth-order valence-electron chi connectivity index (χ4n) is 2.39. The quantitative estimate of drug-likeness (QED) is 0.852. The maximum Gasteiger partial charge on any atom is 0.222 e. The number of hydrogen-bond donors (Lipinski definition) is 1. The van der Waals surface area contributed by atoms with Crippen LogP contribution in [0.1, 0.15) is 18.9 Å². The van der Waals surface area contributed by atoms with Crippen molar-refractivity contribution in [1.29, 1.82) is 0 Å². The highest BCUT2D eigenvalue weighted by Crippen LogP contribution is 2.20. The zero-order chi connectivity index (χ0) is 15.9. The van der Waals surface area contributed by atoms with Gasteiger partial charge in [0.15, 0.2) is 0 Å². The fraction of sp³-hybridized carbons (Fsp3) is 0.412. The fourth-order valence-corrected chi connectivity index (χ4v) is 2.39. The van der Waals surface area contributed by atoms with Gasteiger partial charge in [0, 0.05) is 38.4 Å². The number of aromatic nitrogens is 2. The van der Waals surface area contributed by atoms with Crippen LogP contribution >= 0.6 is 0 Å². The minimum Gasteiger partial charge on any atom is -0.384 e. The molecule has 0 aliphatic heterocycles. The Labute approximate surface area is 131 Å². The number of nitrogens with one attached hydrogen (secondary N) is 1. The van der Waals surface area contributed by atoms with Crippen molar-refractivity contribution in [2.45, 2.75) is 25.8 Å². The molecule has 1 N–H and O–H groups in total. The van der Waals surface area contributed by atoms with Gasteiger partial charge in [-0.05, 0) is 24.5 Å². The summed E-state index contributed by atoms with van der Waals surface area (Å²) in [6.45, 7) is 2.47. The summed E-state index contributed by atoms with van der Waals surface area (Å²) < 4.78 is 6.70. The van der Waals surface area contributed by atoms with Gasteiger partial charge in [0.05, 0.1) is 12.8 Å². The number of hydrogen-bond acceptors (Lipinski definition) is 3. The Morgan fingerprint density at radius 1 is 1.41 bits per heavy atom. The van der Waals surface area contributed by atoms with Gasteiger partial charge in [0.25, 0.3) is 0 Å². The Kier molecular flexibility index (Phi) is 5.72. The average molecular weight is 301 g/mol. The monoisotopic (exact) mass is 301 g/mol. The molecule has 0 saturated heterocycles. The maximum absolute atomic E-state index is 11.7. The summed E-state index contributed by atoms with van der Waals surface area (Å²) >= 11 is 0. The Morgan fingerprint density at radius 2 is 2.23 bits per heavy atom. The third kappa shape index (κ3) is 4.70. The van der Waals surface area contributed by atoms with Crippen LogP contribution in [-0.4, -0.2) is 35.4 Å². The van der Waals surface area contributed by atoms with Gasteiger partial charge in [0.1, 0.15) is 0 Å². The predicted octanol–water partition coefficient (Wildman–Crippen LogP) is 2.17. The minimum atomic E-state index is 0.0257. The van der Waals surface area contributed by atoms with Gasteiger partial charge in [-0.3, -0.25) is 9.48 Å². The highest BCUT2D eigenvalue weighted by molar-refractivity contribution is 5.76. The lowest BCUT2D eigenvalue weighted by Crippen LogP contribution is -2.34. The van der Waals surface area contributed by atoms with Gasteiger partial charge in [-0.2, -0.15) is 5.10 Å². The van der Waals surface area contributed by atoms with E-state index in [1.54, 1.807) is 11.8 Å². The van der Waals surface area contributed by atoms with Gasteiger partial charge < -0.3 is 10.1 Å². The van der Waals surface area contributed by atoms with E-state index in [2.05, 4.69) is 28.6 Å². The molecule has 0 bridgehead atoms. The number of rotatable bonds is 7. The first-order valence-corrected chi connectivity index (χ1v) is 7.44. The first kappa shape index (κ1) is 16.2. The Bertz CT molecular complexity index is 622. The van der Waals surface area contributed by atoms with Gasteiger partial charge in [0.2, 0.25) is 5.91 Å². The summed E-state index contributed by atoms with van der Waals surface area (Å²) in [6, 6.07) is 8.43. The summed E-state index contributed by atoms with van der Waals surface area (Å²) in [5, 5.41) is 7.19. The lowest BCUT2D eigenvalue weighted by molar-refractivity contribution is -0.122. The van der Waals surface area contributed by atoms with E-state index < -0.39 is 0 Å². The smallest absolute Gasteiger partial charge is 0.222 e. The van der Waals surface area contributed by atoms with E-state index in [0.717, 1.165) is 17.5 Å². The SMILES string of the molecule is COCCC(=O)NC(C)Cc1cccc(-c2cnn(C)c2)c1. The number of benzene rings is 1. The molecule has 1 amide bonds. The molecular formula is C17H23N3O2. The number of amides is 1. The van der Waals surface area contributed by atoms with Gasteiger partial charge in [-0.1, -0.05) is 24.3 Å². The standard InChI is InChI=1S/C17H23N3O2/c1-13(19-17(21)7-8-22-3)9-14-5-4-6-15(10-14)16-11-18-20(2)12-16/h4-6,10-13H,7-9H2,1-3H3,(H,19,21). The second-order valence-corrected chi connectivity index (χ2v) is 5.52. The molecule has 0 radical (unpaired) electrons. The number of carbonyl (C=O) groups excluding carboxylic acids is 1. The van der Waals surface area contributed by atoms with E-state index in [1.165, 1.54) is 5.56 Å². The van der Waals surface area contributed by atoms with Crippen molar-refractivity contribution in [3.05, 3.63) is 42.2 Å². The largest absolute Gasteiger partial charge is 0.384 e. The van der Waals surface area contributed by atoms with Crippen LogP contribution in [0.3, 0.4) is 0 Å². The topological polar surface area (TPSA) is 56.1 Å². The molecule has 2 aromatic rings. The molecule has 0 spiro atoms. The molecule has 118 valence electrons. The van der Waals surface area contributed by atoms with Crippen molar-refractivity contribution >= 4 is 5.91 Å². The van der Waals surface area contributed by atoms with Crippen molar-refractivity contribution < 1.29 is 9.53 Å². The summed E-state index contributed by atoms with van der Waals surface area (Å²) in [6.07, 6.45) is 5.05. The highest BCUT2D eigenvalue weighted by Gasteiger charge is 2.09. The van der Waals surface area contributed by atoms with E-state index in [1.807, 2.05) is 32.4 Å². The third-order valence-corrected chi connectivity index (χ3v) is 3.45. The number of aryl methyl sites for hydroxylation is 1. The van der Waals surface area contributed by atoms with Crippen LogP contribution in [0.4, 0.5) is 0 Å². The minimum absolute atomic E-state index is 0.0257. The van der Waals surface area contributed by atoms with Crippen LogP contribution in [0, 0.1) is 0 Å². The van der Waals surface area contributed by atoms with E-state index in [0.29, 0.717) is 13.0 Å². The molecule has 0 aliphatic rings. The summed E-state index contributed by atoms with van der Waals surface area (Å²) in [7, 11) is 3.51. The van der Waals surface area contributed by atoms with E-state index in [9.17, 15) is 4.79 Å². The maximum atomic E-state index is 11.7. The Morgan fingerprint density at radius 3 is 2.91 bits per heavy atom. The van der Waals surface area contributed by atoms with Gasteiger partial charge in [-0.15, -0.1) is 0 Å². The van der Waals surface area contributed by atoms with E-state index in [-0.39, 0.29) is 11.9 Å². The van der Waals surface area contributed by atoms with Crippen molar-refractivity contribution in [1.82, 2.24) is 15.1 Å². The molecule has 5 nitrogen and oxygen atoms in total. The zero-order valence-corrected chi connectivity index (χ0v) is 13.4. The second-order valence-electron chi connectivity index (χ2n) is 5.52. The second kappa shape index (κ2) is 7.75. The lowest BCUT2D eigenvalue weighted by Gasteiger charge is -2.14. The summed E-state index contributed by atoms with van der Waals surface area (Å²) in [5.41, 5.74) is 3.44. The predicted molar refractivity (Wildman–Crippen MR) is 86.4 cm³/mol. The average Bonchev–Trinajstić information content (AvgIpc) is 2.92. The van der Waals surface area contributed by atoms with Crippen LogP contribution in [-0.2, 0) is 23.0 Å². The first-order valence-electron chi connectivity index (χ1n) is 7.44. The molecule has 0 fully saturated rings. The van der Waals surface area contributed by atoms with E-state index >= 15 is 0 Å². The summed E-state index contributed by atoms with van der Waals surface area (Å²) in [5.74, 6) is 0.0257. The molecular weight excluding hydrogens is 278 g/mol. The number of carbonyl (C=O) groups is 1. The normalized spacial score (nSPS) is 12.1. The highest BCUT2D eigenvalue weighted by atomic mass is 16.5. The molecule has 1 unspecified atom stereocenters. The molecule has 0 aliphatic carbocycles. The zero-order valence-electron chi connectivity index (χ0n) is 13.4. The Hall–Kier alpha value is -2.14. The molecule has 22 heavy (non-hydrogen) atoms. The molecule has 1 heterocycles. The molecule has 1 atom stereocenters. The van der Waals surface area contributed by atoms with Crippen molar-refractivity contribution in [2.75, 3.05) is 13.7 Å². The molecule has 1 aromatic carbocycles. The van der Waals surface area contributed by atoms with Gasteiger partial charge in [-0.25, -0.2) is 0 Å². The Balaban J connectivity index is 1.97. The molecule has 1 aromatic heterocycles. The molecule has 0 saturated carbocycles. The third-order valence-electron chi connectivity index (χ3n) is 3.45. The molecule has 2 rings (SSSR count). The molecule has 5 heteroatoms. The van der Waals surface area contributed by atoms with Crippen LogP contribution in [0.5, 0.6) is 0 Å². The number of methoxy groups -OCH3 is 1. The van der Waals surface area contributed by atoms with Crippen molar-refractivity contribution in [2.24, 2.45) is 7.05 Å². The van der Waals surface area contributed by atoms with Crippen molar-refractivity contribution in [3.8, 4) is 11.1 Å². The lowest BCUT2D eigenvalue weighted by atomic mass is 10.0. The van der Waals surface area contributed by atoms with Gasteiger partial charge >= 0.3 is 0 Å². The summed E-state index contributed by atoms with van der Waals surface area (Å²) in [4.78, 5) is 11.7. The van der Waals surface area contributed by atoms with Crippen LogP contribution < -0.4 is 5.32 Å². The van der Waals surface area contributed by atoms with Crippen LogP contribution in [0.2, 0.25) is 0 Å². The number of nitrogens with zero attached hydrogens (tertiary/aromatic N) is 2. The van der Waals surface area contributed by atoms with Crippen molar-refractivity contribution in [3.63, 3.8) is 0 Å². The van der Waals surface area contributed by atoms with E-state index in [4.69, 9.17) is 4.74 Å². The number of ether oxygens (including phenoxy) is 1. The van der Waals surface area contributed by atoms with Crippen LogP contribution in [0.25, 0.3) is 11.1 Å². The van der Waals surface area contributed by atoms with Crippen LogP contribution in [0.15, 0.2) is 36.7 Å². The first-order chi connectivity index (χ1) is 10.6.